The summed E-state index contributed by atoms with van der Waals surface area (Å²) in [7, 11) is 2.14. The molecule has 1 saturated heterocycles. The molecular weight excluding hydrogens is 509 g/mol. The van der Waals surface area contributed by atoms with Gasteiger partial charge in [0.05, 0.1) is 11.9 Å². The molecule has 210 valence electrons. The molecule has 1 aliphatic carbocycles. The molecule has 2 aromatic carbocycles. The number of carbonyl (C=O) groups is 1. The van der Waals surface area contributed by atoms with E-state index >= 15 is 0 Å². The first-order chi connectivity index (χ1) is 19.1. The Morgan fingerprint density at radius 2 is 1.70 bits per heavy atom. The number of fused-ring (bicyclic) bond motifs is 2. The maximum Gasteiger partial charge on any atom is 0.414 e. The van der Waals surface area contributed by atoms with Crippen LogP contribution in [-0.2, 0) is 10.2 Å². The summed E-state index contributed by atoms with van der Waals surface area (Å²) in [5.74, 6) is -0.238. The molecule has 0 radical (unpaired) electrons. The Labute approximate surface area is 234 Å². The molecule has 2 N–H and O–H groups in total. The summed E-state index contributed by atoms with van der Waals surface area (Å²) in [4.78, 5) is 27.9. The second-order valence-electron chi connectivity index (χ2n) is 12.1. The van der Waals surface area contributed by atoms with Crippen molar-refractivity contribution in [3.05, 3.63) is 60.0 Å². The number of benzene rings is 2. The van der Waals surface area contributed by atoms with E-state index in [1.807, 2.05) is 51.1 Å². The number of anilines is 6. The van der Waals surface area contributed by atoms with Gasteiger partial charge in [-0.2, -0.15) is 4.98 Å². The van der Waals surface area contributed by atoms with Crippen molar-refractivity contribution in [3.8, 4) is 0 Å². The normalized spacial score (nSPS) is 18.0. The van der Waals surface area contributed by atoms with E-state index in [0.717, 1.165) is 62.2 Å². The summed E-state index contributed by atoms with van der Waals surface area (Å²) in [6.45, 7) is 10.3. The average Bonchev–Trinajstić information content (AvgIpc) is 3.62. The van der Waals surface area contributed by atoms with Crippen LogP contribution in [0.1, 0.15) is 39.2 Å². The lowest BCUT2D eigenvalue weighted by atomic mass is 9.98. The monoisotopic (exact) mass is 545 g/mol. The summed E-state index contributed by atoms with van der Waals surface area (Å²) in [5.41, 5.74) is 3.96. The van der Waals surface area contributed by atoms with Crippen LogP contribution >= 0.6 is 0 Å². The number of nitrogens with zero attached hydrogens (tertiary/aromatic N) is 5. The highest BCUT2D eigenvalue weighted by Gasteiger charge is 2.53. The third-order valence-corrected chi connectivity index (χ3v) is 7.79. The molecule has 1 aromatic heterocycles. The van der Waals surface area contributed by atoms with Crippen molar-refractivity contribution in [1.82, 2.24) is 14.9 Å². The number of nitrogens with one attached hydrogen (secondary N) is 2. The summed E-state index contributed by atoms with van der Waals surface area (Å²) < 4.78 is 20.4. The Bertz CT molecular complexity index is 1410. The third-order valence-electron chi connectivity index (χ3n) is 7.79. The van der Waals surface area contributed by atoms with Gasteiger partial charge in [0.1, 0.15) is 5.60 Å². The zero-order valence-corrected chi connectivity index (χ0v) is 23.5. The van der Waals surface area contributed by atoms with Crippen molar-refractivity contribution in [3.63, 3.8) is 0 Å². The topological polar surface area (TPSA) is 85.9 Å². The van der Waals surface area contributed by atoms with E-state index in [2.05, 4.69) is 49.6 Å². The predicted molar refractivity (Wildman–Crippen MR) is 156 cm³/mol. The highest BCUT2D eigenvalue weighted by atomic mass is 19.1. The number of piperazine rings is 1. The van der Waals surface area contributed by atoms with Crippen LogP contribution in [0.5, 0.6) is 0 Å². The maximum absolute atomic E-state index is 14.8. The van der Waals surface area contributed by atoms with E-state index in [9.17, 15) is 9.18 Å². The largest absolute Gasteiger partial charge is 0.443 e. The van der Waals surface area contributed by atoms with Crippen molar-refractivity contribution in [2.75, 3.05) is 60.2 Å². The molecule has 1 spiro atoms. The van der Waals surface area contributed by atoms with Gasteiger partial charge in [-0.15, -0.1) is 0 Å². The number of likely N-dealkylation sites (N-methyl/N-ethyl adjacent to an activating group) is 1. The average molecular weight is 546 g/mol. The van der Waals surface area contributed by atoms with Gasteiger partial charge in [0.25, 0.3) is 0 Å². The van der Waals surface area contributed by atoms with Crippen molar-refractivity contribution in [2.45, 2.75) is 44.6 Å². The molecule has 0 unspecified atom stereocenters. The molecule has 40 heavy (non-hydrogen) atoms. The van der Waals surface area contributed by atoms with Crippen LogP contribution in [0.3, 0.4) is 0 Å². The van der Waals surface area contributed by atoms with Gasteiger partial charge in [0.2, 0.25) is 5.95 Å². The number of halogens is 1. The minimum absolute atomic E-state index is 0.00191. The molecule has 2 aliphatic heterocycles. The van der Waals surface area contributed by atoms with E-state index in [4.69, 9.17) is 4.74 Å². The summed E-state index contributed by atoms with van der Waals surface area (Å²) >= 11 is 0. The lowest BCUT2D eigenvalue weighted by Gasteiger charge is -2.34. The Balaban J connectivity index is 1.18. The molecule has 3 aromatic rings. The van der Waals surface area contributed by atoms with Crippen LogP contribution in [0.4, 0.5) is 43.7 Å². The fraction of sp³-hybridized carbons (Fsp3) is 0.433. The molecule has 10 heteroatoms. The third kappa shape index (κ3) is 5.40. The van der Waals surface area contributed by atoms with Crippen LogP contribution in [0.2, 0.25) is 0 Å². The number of hydrogen-bond donors (Lipinski definition) is 2. The molecule has 1 amide bonds. The highest BCUT2D eigenvalue weighted by Crippen LogP contribution is 2.57. The Morgan fingerprint density at radius 3 is 2.38 bits per heavy atom. The van der Waals surface area contributed by atoms with Gasteiger partial charge in [-0.05, 0) is 82.6 Å². The van der Waals surface area contributed by atoms with Gasteiger partial charge < -0.3 is 25.2 Å². The van der Waals surface area contributed by atoms with E-state index in [1.165, 1.54) is 5.69 Å². The van der Waals surface area contributed by atoms with E-state index in [0.29, 0.717) is 12.2 Å². The van der Waals surface area contributed by atoms with Gasteiger partial charge >= 0.3 is 6.09 Å². The Morgan fingerprint density at radius 1 is 1.00 bits per heavy atom. The van der Waals surface area contributed by atoms with Crippen molar-refractivity contribution in [1.29, 1.82) is 0 Å². The molecule has 3 aliphatic rings. The number of amides is 1. The summed E-state index contributed by atoms with van der Waals surface area (Å²) in [5, 5.41) is 6.26. The first-order valence-corrected chi connectivity index (χ1v) is 13.8. The minimum atomic E-state index is -0.592. The first-order valence-electron chi connectivity index (χ1n) is 13.8. The van der Waals surface area contributed by atoms with Gasteiger partial charge in [-0.25, -0.2) is 14.2 Å². The van der Waals surface area contributed by atoms with Crippen molar-refractivity contribution >= 4 is 40.6 Å². The smallest absolute Gasteiger partial charge is 0.414 e. The molecule has 9 nitrogen and oxygen atoms in total. The number of hydrogen-bond acceptors (Lipinski definition) is 8. The second kappa shape index (κ2) is 9.92. The zero-order valence-electron chi connectivity index (χ0n) is 23.5. The second-order valence-corrected chi connectivity index (χ2v) is 12.1. The Hall–Kier alpha value is -3.92. The van der Waals surface area contributed by atoms with Crippen LogP contribution in [-0.4, -0.2) is 66.3 Å². The van der Waals surface area contributed by atoms with Gasteiger partial charge in [-0.1, -0.05) is 6.07 Å². The van der Waals surface area contributed by atoms with Crippen LogP contribution in [0, 0.1) is 5.82 Å². The summed E-state index contributed by atoms with van der Waals surface area (Å²) in [6.07, 6.45) is 2.86. The number of ether oxygens (including phenoxy) is 1. The molecular formula is C30H36FN7O2. The molecule has 2 fully saturated rings. The van der Waals surface area contributed by atoms with Crippen LogP contribution < -0.4 is 20.4 Å². The molecule has 0 bridgehead atoms. The standard InChI is InChI=1S/C30H36FN7O2/c1-29(2,3)40-28(39)38-19-30(11-12-30)23-10-7-21(17-25(23)38)33-26-24(31)18-32-27(35-26)34-20-5-8-22(9-6-20)37-15-13-36(4)14-16-37/h5-10,17-18H,11-16,19H2,1-4H3,(H2,32,33,34,35). The minimum Gasteiger partial charge on any atom is -0.443 e. The van der Waals surface area contributed by atoms with Gasteiger partial charge in [-0.3, -0.25) is 4.90 Å². The number of carbonyl (C=O) groups excluding carboxylic acids is 1. The van der Waals surface area contributed by atoms with Crippen LogP contribution in [0.25, 0.3) is 0 Å². The van der Waals surface area contributed by atoms with Crippen molar-refractivity contribution in [2.24, 2.45) is 0 Å². The first kappa shape index (κ1) is 26.3. The molecule has 3 heterocycles. The molecule has 6 rings (SSSR count). The van der Waals surface area contributed by atoms with Gasteiger partial charge in [0.15, 0.2) is 11.6 Å². The highest BCUT2D eigenvalue weighted by molar-refractivity contribution is 5.93. The van der Waals surface area contributed by atoms with Crippen molar-refractivity contribution < 1.29 is 13.9 Å². The number of aromatic nitrogens is 2. The lowest BCUT2D eigenvalue weighted by molar-refractivity contribution is 0.0581. The van der Waals surface area contributed by atoms with E-state index < -0.39 is 11.4 Å². The fourth-order valence-electron chi connectivity index (χ4n) is 5.41. The molecule has 1 saturated carbocycles. The van der Waals surface area contributed by atoms with Gasteiger partial charge in [0, 0.05) is 55.2 Å². The van der Waals surface area contributed by atoms with E-state index in [-0.39, 0.29) is 23.3 Å². The Kier molecular flexibility index (Phi) is 6.53. The zero-order chi connectivity index (χ0) is 28.1. The summed E-state index contributed by atoms with van der Waals surface area (Å²) in [6, 6.07) is 13.9. The number of rotatable bonds is 5. The quantitative estimate of drug-likeness (QED) is 0.426. The van der Waals surface area contributed by atoms with E-state index in [1.54, 1.807) is 4.90 Å². The van der Waals surface area contributed by atoms with Crippen LogP contribution in [0.15, 0.2) is 48.7 Å². The maximum atomic E-state index is 14.8. The predicted octanol–water partition coefficient (Wildman–Crippen LogP) is 5.64. The lowest BCUT2D eigenvalue weighted by Crippen LogP contribution is -2.44. The molecule has 0 atom stereocenters. The SMILES string of the molecule is CN1CCN(c2ccc(Nc3ncc(F)c(Nc4ccc5c(c4)N(C(=O)OC(C)(C)C)CC54CC4)n3)cc2)CC1. The fourth-order valence-corrected chi connectivity index (χ4v) is 5.41.